The fourth-order valence-corrected chi connectivity index (χ4v) is 2.48. The highest BCUT2D eigenvalue weighted by molar-refractivity contribution is 6.30. The summed E-state index contributed by atoms with van der Waals surface area (Å²) in [7, 11) is 1.21. The molecule has 7 nitrogen and oxygen atoms in total. The molecule has 0 saturated heterocycles. The first-order valence-electron chi connectivity index (χ1n) is 7.78. The van der Waals surface area contributed by atoms with E-state index in [0.29, 0.717) is 16.5 Å². The number of hydrogen-bond donors (Lipinski definition) is 1. The van der Waals surface area contributed by atoms with E-state index in [1.54, 1.807) is 31.2 Å². The number of halogens is 2. The average Bonchev–Trinajstić information content (AvgIpc) is 3.05. The predicted molar refractivity (Wildman–Crippen MR) is 96.8 cm³/mol. The number of ether oxygens (including phenoxy) is 1. The van der Waals surface area contributed by atoms with Gasteiger partial charge in [0, 0.05) is 5.02 Å². The molecule has 0 aliphatic carbocycles. The first kappa shape index (κ1) is 18.5. The summed E-state index contributed by atoms with van der Waals surface area (Å²) >= 11 is 5.87. The highest BCUT2D eigenvalue weighted by Crippen LogP contribution is 2.18. The molecule has 3 rings (SSSR count). The van der Waals surface area contributed by atoms with Gasteiger partial charge >= 0.3 is 5.97 Å². The van der Waals surface area contributed by atoms with E-state index in [9.17, 15) is 14.0 Å². The van der Waals surface area contributed by atoms with Crippen LogP contribution in [0, 0.1) is 12.7 Å². The van der Waals surface area contributed by atoms with Gasteiger partial charge in [0.25, 0.3) is 5.91 Å². The Morgan fingerprint density at radius 3 is 2.56 bits per heavy atom. The van der Waals surface area contributed by atoms with Gasteiger partial charge in [-0.15, -0.1) is 5.10 Å². The van der Waals surface area contributed by atoms with Crippen LogP contribution in [0.15, 0.2) is 42.5 Å². The summed E-state index contributed by atoms with van der Waals surface area (Å²) in [6.07, 6.45) is 0. The molecule has 0 spiro atoms. The Kier molecular flexibility index (Phi) is 5.18. The molecule has 1 aromatic heterocycles. The first-order valence-corrected chi connectivity index (χ1v) is 8.15. The minimum atomic E-state index is -0.716. The van der Waals surface area contributed by atoms with Gasteiger partial charge in [-0.3, -0.25) is 4.79 Å². The second-order valence-electron chi connectivity index (χ2n) is 5.51. The van der Waals surface area contributed by atoms with Crippen molar-refractivity contribution in [3.63, 3.8) is 0 Å². The molecule has 27 heavy (non-hydrogen) atoms. The summed E-state index contributed by atoms with van der Waals surface area (Å²) < 4.78 is 20.0. The Morgan fingerprint density at radius 2 is 1.89 bits per heavy atom. The maximum Gasteiger partial charge on any atom is 0.337 e. The van der Waals surface area contributed by atoms with Crippen LogP contribution < -0.4 is 5.32 Å². The lowest BCUT2D eigenvalue weighted by Crippen LogP contribution is -2.16. The molecule has 1 amide bonds. The summed E-state index contributed by atoms with van der Waals surface area (Å²) in [4.78, 5) is 28.1. The fraction of sp³-hybridized carbons (Fsp3) is 0.111. The Morgan fingerprint density at radius 1 is 1.19 bits per heavy atom. The van der Waals surface area contributed by atoms with Crippen molar-refractivity contribution in [2.75, 3.05) is 12.4 Å². The lowest BCUT2D eigenvalue weighted by atomic mass is 10.2. The van der Waals surface area contributed by atoms with E-state index < -0.39 is 17.7 Å². The van der Waals surface area contributed by atoms with E-state index >= 15 is 0 Å². The van der Waals surface area contributed by atoms with Crippen molar-refractivity contribution in [3.05, 3.63) is 70.5 Å². The third kappa shape index (κ3) is 3.95. The van der Waals surface area contributed by atoms with Crippen LogP contribution in [0.4, 0.5) is 10.1 Å². The summed E-state index contributed by atoms with van der Waals surface area (Å²) in [5.41, 5.74) is 0.593. The summed E-state index contributed by atoms with van der Waals surface area (Å²) in [6, 6.07) is 10.3. The lowest BCUT2D eigenvalue weighted by Gasteiger charge is -2.06. The number of esters is 1. The lowest BCUT2D eigenvalue weighted by molar-refractivity contribution is 0.0600. The standard InChI is InChI=1S/C18H14ClFN4O3/c1-10-21-16(23-24(10)13-6-4-12(19)5-7-13)17(25)22-15-9-11(18(26)27-2)3-8-14(15)20/h3-9H,1-2H3,(H,22,25). The van der Waals surface area contributed by atoms with Crippen LogP contribution in [-0.2, 0) is 4.74 Å². The molecule has 0 bridgehead atoms. The van der Waals surface area contributed by atoms with E-state index in [2.05, 4.69) is 20.1 Å². The van der Waals surface area contributed by atoms with Crippen LogP contribution in [0.25, 0.3) is 5.69 Å². The van der Waals surface area contributed by atoms with Crippen LogP contribution in [0.2, 0.25) is 5.02 Å². The molecule has 2 aromatic carbocycles. The number of hydrogen-bond acceptors (Lipinski definition) is 5. The molecule has 0 atom stereocenters. The normalized spacial score (nSPS) is 10.5. The Bertz CT molecular complexity index is 1020. The van der Waals surface area contributed by atoms with E-state index in [1.165, 1.54) is 23.9 Å². The van der Waals surface area contributed by atoms with Gasteiger partial charge in [0.15, 0.2) is 0 Å². The van der Waals surface area contributed by atoms with Gasteiger partial charge < -0.3 is 10.1 Å². The minimum absolute atomic E-state index is 0.102. The number of aryl methyl sites for hydroxylation is 1. The van der Waals surface area contributed by atoms with Crippen molar-refractivity contribution >= 4 is 29.2 Å². The number of nitrogens with one attached hydrogen (secondary N) is 1. The van der Waals surface area contributed by atoms with E-state index in [4.69, 9.17) is 11.6 Å². The first-order chi connectivity index (χ1) is 12.9. The van der Waals surface area contributed by atoms with Crippen LogP contribution in [0.1, 0.15) is 26.8 Å². The Balaban J connectivity index is 1.86. The van der Waals surface area contributed by atoms with Crippen LogP contribution in [-0.4, -0.2) is 33.8 Å². The van der Waals surface area contributed by atoms with Crippen molar-refractivity contribution in [3.8, 4) is 5.69 Å². The van der Waals surface area contributed by atoms with E-state index in [0.717, 1.165) is 6.07 Å². The molecule has 138 valence electrons. The number of amides is 1. The number of carbonyl (C=O) groups excluding carboxylic acids is 2. The van der Waals surface area contributed by atoms with Crippen molar-refractivity contribution < 1.29 is 18.7 Å². The summed E-state index contributed by atoms with van der Waals surface area (Å²) in [5.74, 6) is -1.75. The van der Waals surface area contributed by atoms with Gasteiger partial charge in [0.05, 0.1) is 24.0 Å². The highest BCUT2D eigenvalue weighted by atomic mass is 35.5. The third-order valence-corrected chi connectivity index (χ3v) is 3.93. The maximum absolute atomic E-state index is 14.0. The number of anilines is 1. The van der Waals surface area contributed by atoms with Gasteiger partial charge in [0.1, 0.15) is 11.6 Å². The van der Waals surface area contributed by atoms with Crippen molar-refractivity contribution in [1.82, 2.24) is 14.8 Å². The molecule has 1 N–H and O–H groups in total. The summed E-state index contributed by atoms with van der Waals surface area (Å²) in [6.45, 7) is 1.68. The smallest absolute Gasteiger partial charge is 0.337 e. The number of nitrogens with zero attached hydrogens (tertiary/aromatic N) is 3. The second-order valence-corrected chi connectivity index (χ2v) is 5.95. The summed E-state index contributed by atoms with van der Waals surface area (Å²) in [5, 5.41) is 7.08. The molecular formula is C18H14ClFN4O3. The van der Waals surface area contributed by atoms with E-state index in [-0.39, 0.29) is 17.1 Å². The maximum atomic E-state index is 14.0. The number of aromatic nitrogens is 3. The van der Waals surface area contributed by atoms with Gasteiger partial charge in [0.2, 0.25) is 5.82 Å². The molecule has 9 heteroatoms. The predicted octanol–water partition coefficient (Wildman–Crippen LogP) is 3.41. The fourth-order valence-electron chi connectivity index (χ4n) is 2.36. The molecule has 0 unspecified atom stereocenters. The Hall–Kier alpha value is -3.26. The second kappa shape index (κ2) is 7.55. The molecule has 0 aliphatic rings. The zero-order valence-corrected chi connectivity index (χ0v) is 15.1. The zero-order chi connectivity index (χ0) is 19.6. The van der Waals surface area contributed by atoms with E-state index in [1.807, 2.05) is 0 Å². The van der Waals surface area contributed by atoms with Gasteiger partial charge in [-0.2, -0.15) is 0 Å². The van der Waals surface area contributed by atoms with Crippen LogP contribution in [0.5, 0.6) is 0 Å². The van der Waals surface area contributed by atoms with Crippen molar-refractivity contribution in [2.24, 2.45) is 0 Å². The molecule has 0 saturated carbocycles. The van der Waals surface area contributed by atoms with Gasteiger partial charge in [-0.25, -0.2) is 18.9 Å². The number of rotatable bonds is 4. The highest BCUT2D eigenvalue weighted by Gasteiger charge is 2.18. The Labute approximate surface area is 158 Å². The van der Waals surface area contributed by atoms with Crippen LogP contribution >= 0.6 is 11.6 Å². The molecular weight excluding hydrogens is 375 g/mol. The number of benzene rings is 2. The third-order valence-electron chi connectivity index (χ3n) is 3.68. The largest absolute Gasteiger partial charge is 0.465 e. The SMILES string of the molecule is COC(=O)c1ccc(F)c(NC(=O)c2nc(C)n(-c3ccc(Cl)cc3)n2)c1. The molecule has 0 radical (unpaired) electrons. The van der Waals surface area contributed by atoms with Gasteiger partial charge in [-0.05, 0) is 49.4 Å². The minimum Gasteiger partial charge on any atom is -0.465 e. The quantitative estimate of drug-likeness (QED) is 0.692. The topological polar surface area (TPSA) is 86.1 Å². The molecule has 1 heterocycles. The molecule has 3 aromatic rings. The number of carbonyl (C=O) groups is 2. The van der Waals surface area contributed by atoms with Crippen LogP contribution in [0.3, 0.4) is 0 Å². The van der Waals surface area contributed by atoms with Gasteiger partial charge in [-0.1, -0.05) is 11.6 Å². The monoisotopic (exact) mass is 388 g/mol. The number of methoxy groups -OCH3 is 1. The zero-order valence-electron chi connectivity index (χ0n) is 14.4. The van der Waals surface area contributed by atoms with Crippen molar-refractivity contribution in [2.45, 2.75) is 6.92 Å². The van der Waals surface area contributed by atoms with Crippen molar-refractivity contribution in [1.29, 1.82) is 0 Å². The molecule has 0 fully saturated rings. The average molecular weight is 389 g/mol. The molecule has 0 aliphatic heterocycles.